The minimum atomic E-state index is -0.122. The molecule has 1 unspecified atom stereocenters. The molecule has 144 valence electrons. The Bertz CT molecular complexity index is 1070. The van der Waals surface area contributed by atoms with E-state index >= 15 is 0 Å². The number of carbonyl (C=O) groups excluding carboxylic acids is 1. The first-order valence-corrected chi connectivity index (χ1v) is 9.49. The smallest absolute Gasteiger partial charge is 0.257 e. The summed E-state index contributed by atoms with van der Waals surface area (Å²) in [6.45, 7) is 1.77. The second-order valence-corrected chi connectivity index (χ2v) is 6.85. The fourth-order valence-electron chi connectivity index (χ4n) is 3.21. The maximum Gasteiger partial charge on any atom is 0.257 e. The van der Waals surface area contributed by atoms with Crippen LogP contribution in [-0.2, 0) is 6.42 Å². The lowest BCUT2D eigenvalue weighted by Crippen LogP contribution is -2.30. The van der Waals surface area contributed by atoms with Crippen LogP contribution >= 0.6 is 0 Å². The van der Waals surface area contributed by atoms with E-state index in [0.717, 1.165) is 17.5 Å². The van der Waals surface area contributed by atoms with E-state index in [0.29, 0.717) is 17.3 Å². The molecule has 0 radical (unpaired) electrons. The first kappa shape index (κ1) is 18.6. The molecule has 1 heterocycles. The predicted octanol–water partition coefficient (Wildman–Crippen LogP) is 4.76. The fraction of sp³-hybridized carbons (Fsp3) is 0.125. The van der Waals surface area contributed by atoms with Crippen LogP contribution in [0.1, 0.15) is 33.4 Å². The van der Waals surface area contributed by atoms with Crippen LogP contribution in [0.2, 0.25) is 0 Å². The predicted molar refractivity (Wildman–Crippen MR) is 111 cm³/mol. The number of aromatic nitrogens is 2. The molecule has 0 bridgehead atoms. The molecule has 4 aromatic rings. The Morgan fingerprint density at radius 2 is 1.59 bits per heavy atom. The van der Waals surface area contributed by atoms with Crippen molar-refractivity contribution in [2.45, 2.75) is 19.4 Å². The van der Waals surface area contributed by atoms with Gasteiger partial charge in [0.25, 0.3) is 11.8 Å². The van der Waals surface area contributed by atoms with Gasteiger partial charge in [-0.25, -0.2) is 0 Å². The Balaban J connectivity index is 1.53. The largest absolute Gasteiger partial charge is 0.345 e. The summed E-state index contributed by atoms with van der Waals surface area (Å²) in [7, 11) is 0. The van der Waals surface area contributed by atoms with Gasteiger partial charge in [-0.15, -0.1) is 0 Å². The maximum absolute atomic E-state index is 12.9. The quantitative estimate of drug-likeness (QED) is 0.521. The van der Waals surface area contributed by atoms with Gasteiger partial charge >= 0.3 is 0 Å². The summed E-state index contributed by atoms with van der Waals surface area (Å²) >= 11 is 0. The normalized spacial score (nSPS) is 11.8. The summed E-state index contributed by atoms with van der Waals surface area (Å²) in [4.78, 5) is 17.1. The topological polar surface area (TPSA) is 68.0 Å². The molecule has 1 aromatic heterocycles. The Hall–Kier alpha value is -3.73. The highest BCUT2D eigenvalue weighted by molar-refractivity contribution is 5.94. The maximum atomic E-state index is 12.9. The number of nitrogens with one attached hydrogen (secondary N) is 1. The molecule has 5 heteroatoms. The van der Waals surface area contributed by atoms with Crippen LogP contribution in [0, 0.1) is 6.92 Å². The minimum absolute atomic E-state index is 0.121. The number of hydrogen-bond donors (Lipinski definition) is 1. The van der Waals surface area contributed by atoms with E-state index in [1.165, 1.54) is 5.56 Å². The third-order valence-electron chi connectivity index (χ3n) is 4.71. The number of benzene rings is 3. The van der Waals surface area contributed by atoms with Crippen molar-refractivity contribution in [2.24, 2.45) is 0 Å². The molecule has 0 aliphatic heterocycles. The van der Waals surface area contributed by atoms with E-state index in [1.807, 2.05) is 60.7 Å². The first-order valence-electron chi connectivity index (χ1n) is 9.49. The Morgan fingerprint density at radius 3 is 2.21 bits per heavy atom. The first-order chi connectivity index (χ1) is 14.2. The van der Waals surface area contributed by atoms with Gasteiger partial charge in [0, 0.05) is 11.1 Å². The summed E-state index contributed by atoms with van der Waals surface area (Å²) in [5.74, 6) is 0.900. The van der Waals surface area contributed by atoms with E-state index in [9.17, 15) is 4.79 Å². The highest BCUT2D eigenvalue weighted by Crippen LogP contribution is 2.21. The lowest BCUT2D eigenvalue weighted by atomic mass is 9.98. The average Bonchev–Trinajstić information content (AvgIpc) is 3.21. The van der Waals surface area contributed by atoms with Crippen molar-refractivity contribution in [3.05, 3.63) is 107 Å². The summed E-state index contributed by atoms with van der Waals surface area (Å²) in [6, 6.07) is 27.2. The van der Waals surface area contributed by atoms with Crippen molar-refractivity contribution in [3.8, 4) is 11.5 Å². The lowest BCUT2D eigenvalue weighted by molar-refractivity contribution is 0.0936. The molecule has 0 saturated heterocycles. The van der Waals surface area contributed by atoms with Gasteiger partial charge in [0.05, 0.1) is 6.04 Å². The molecule has 0 fully saturated rings. The zero-order valence-corrected chi connectivity index (χ0v) is 16.1. The van der Waals surface area contributed by atoms with Gasteiger partial charge in [-0.05, 0) is 48.7 Å². The highest BCUT2D eigenvalue weighted by Gasteiger charge is 2.17. The number of amides is 1. The van der Waals surface area contributed by atoms with E-state index in [2.05, 4.69) is 27.6 Å². The van der Waals surface area contributed by atoms with Gasteiger partial charge in [0.15, 0.2) is 5.82 Å². The van der Waals surface area contributed by atoms with E-state index in [4.69, 9.17) is 4.52 Å². The van der Waals surface area contributed by atoms with Crippen molar-refractivity contribution in [1.82, 2.24) is 15.5 Å². The minimum Gasteiger partial charge on any atom is -0.345 e. The van der Waals surface area contributed by atoms with Gasteiger partial charge in [0.2, 0.25) is 0 Å². The van der Waals surface area contributed by atoms with Crippen molar-refractivity contribution in [1.29, 1.82) is 0 Å². The molecule has 0 spiro atoms. The molecule has 0 saturated carbocycles. The van der Waals surface area contributed by atoms with Crippen LogP contribution in [0.3, 0.4) is 0 Å². The Morgan fingerprint density at radius 1 is 0.931 bits per heavy atom. The molecular formula is C24H21N3O2. The molecule has 0 aliphatic rings. The molecule has 1 N–H and O–H groups in total. The summed E-state index contributed by atoms with van der Waals surface area (Å²) in [5.41, 5.74) is 3.61. The van der Waals surface area contributed by atoms with Crippen molar-refractivity contribution >= 4 is 5.91 Å². The van der Waals surface area contributed by atoms with Crippen LogP contribution in [-0.4, -0.2) is 16.0 Å². The molecule has 1 atom stereocenters. The SMILES string of the molecule is Cc1noc(-c2ccc(C(=O)NC(Cc3ccccc3)c3ccccc3)cc2)n1. The zero-order valence-electron chi connectivity index (χ0n) is 16.1. The monoisotopic (exact) mass is 383 g/mol. The third-order valence-corrected chi connectivity index (χ3v) is 4.71. The summed E-state index contributed by atoms with van der Waals surface area (Å²) < 4.78 is 5.18. The highest BCUT2D eigenvalue weighted by atomic mass is 16.5. The molecule has 1 amide bonds. The number of carbonyl (C=O) groups is 1. The summed E-state index contributed by atoms with van der Waals surface area (Å²) in [6.07, 6.45) is 0.718. The van der Waals surface area contributed by atoms with Gasteiger partial charge < -0.3 is 9.84 Å². The second-order valence-electron chi connectivity index (χ2n) is 6.85. The van der Waals surface area contributed by atoms with Gasteiger partial charge in [-0.3, -0.25) is 4.79 Å². The summed E-state index contributed by atoms with van der Waals surface area (Å²) in [5, 5.41) is 6.97. The molecule has 4 rings (SSSR count). The lowest BCUT2D eigenvalue weighted by Gasteiger charge is -2.20. The number of rotatable bonds is 6. The zero-order chi connectivity index (χ0) is 20.1. The standard InChI is InChI=1S/C24H21N3O2/c1-17-25-24(29-27-17)21-14-12-20(13-15-21)23(28)26-22(19-10-6-3-7-11-19)16-18-8-4-2-5-9-18/h2-15,22H,16H2,1H3,(H,26,28). The van der Waals surface area contributed by atoms with Crippen LogP contribution in [0.5, 0.6) is 0 Å². The van der Waals surface area contributed by atoms with Gasteiger partial charge in [-0.1, -0.05) is 65.8 Å². The van der Waals surface area contributed by atoms with E-state index in [1.54, 1.807) is 19.1 Å². The van der Waals surface area contributed by atoms with Gasteiger partial charge in [-0.2, -0.15) is 4.98 Å². The molecule has 0 aliphatic carbocycles. The second kappa shape index (κ2) is 8.52. The van der Waals surface area contributed by atoms with Crippen molar-refractivity contribution in [2.75, 3.05) is 0 Å². The van der Waals surface area contributed by atoms with Crippen LogP contribution in [0.4, 0.5) is 0 Å². The average molecular weight is 383 g/mol. The van der Waals surface area contributed by atoms with Crippen molar-refractivity contribution in [3.63, 3.8) is 0 Å². The number of hydrogen-bond acceptors (Lipinski definition) is 4. The van der Waals surface area contributed by atoms with E-state index in [-0.39, 0.29) is 11.9 Å². The van der Waals surface area contributed by atoms with Crippen molar-refractivity contribution < 1.29 is 9.32 Å². The van der Waals surface area contributed by atoms with Crippen LogP contribution in [0.15, 0.2) is 89.5 Å². The number of nitrogens with zero attached hydrogens (tertiary/aromatic N) is 2. The van der Waals surface area contributed by atoms with E-state index < -0.39 is 0 Å². The van der Waals surface area contributed by atoms with Crippen LogP contribution in [0.25, 0.3) is 11.5 Å². The molecule has 5 nitrogen and oxygen atoms in total. The molecule has 3 aromatic carbocycles. The fourth-order valence-corrected chi connectivity index (χ4v) is 3.21. The Labute approximate surface area is 169 Å². The Kier molecular flexibility index (Phi) is 5.47. The molecular weight excluding hydrogens is 362 g/mol. The van der Waals surface area contributed by atoms with Gasteiger partial charge in [0.1, 0.15) is 0 Å². The molecule has 29 heavy (non-hydrogen) atoms. The van der Waals surface area contributed by atoms with Crippen LogP contribution < -0.4 is 5.32 Å². The third kappa shape index (κ3) is 4.58. The number of aryl methyl sites for hydroxylation is 1.